The number of hydrogen-bond acceptors (Lipinski definition) is 6. The number of aromatic amines is 1. The molecule has 9 heteroatoms. The Morgan fingerprint density at radius 3 is 1.82 bits per heavy atom. The molecular weight excluding hydrogens is 500 g/mol. The van der Waals surface area contributed by atoms with Crippen molar-refractivity contribution in [3.05, 3.63) is 83.9 Å². The number of hydrogen-bond donors (Lipinski definition) is 3. The van der Waals surface area contributed by atoms with Crippen molar-refractivity contribution in [2.24, 2.45) is 0 Å². The SMILES string of the molecule is COc1cc(OC)c(OC)c(-c2nc(-c3ccc(C=CC(=O)O)cc3)c(-c3ccc(C=CC(=O)O)cc3)[nH]2)c1. The molecule has 0 saturated carbocycles. The summed E-state index contributed by atoms with van der Waals surface area (Å²) in [6.45, 7) is 0. The van der Waals surface area contributed by atoms with Crippen LogP contribution in [0.1, 0.15) is 11.1 Å². The minimum atomic E-state index is -1.03. The maximum absolute atomic E-state index is 10.9. The van der Waals surface area contributed by atoms with Gasteiger partial charge in [0.15, 0.2) is 11.5 Å². The highest BCUT2D eigenvalue weighted by Crippen LogP contribution is 2.42. The Bertz CT molecular complexity index is 1460. The number of imidazole rings is 1. The third-order valence-electron chi connectivity index (χ3n) is 5.87. The number of rotatable bonds is 10. The number of nitrogens with zero attached hydrogens (tertiary/aromatic N) is 1. The first-order valence-electron chi connectivity index (χ1n) is 11.8. The lowest BCUT2D eigenvalue weighted by Crippen LogP contribution is -1.96. The number of aromatic nitrogens is 2. The van der Waals surface area contributed by atoms with Crippen LogP contribution in [0.2, 0.25) is 0 Å². The van der Waals surface area contributed by atoms with Gasteiger partial charge in [0.05, 0.1) is 38.3 Å². The van der Waals surface area contributed by atoms with E-state index in [1.54, 1.807) is 33.5 Å². The number of methoxy groups -OCH3 is 3. The van der Waals surface area contributed by atoms with E-state index < -0.39 is 11.9 Å². The molecule has 4 aromatic rings. The first kappa shape index (κ1) is 26.7. The molecule has 0 spiro atoms. The second-order valence-corrected chi connectivity index (χ2v) is 8.31. The topological polar surface area (TPSA) is 131 Å². The van der Waals surface area contributed by atoms with Crippen molar-refractivity contribution < 1.29 is 34.0 Å². The predicted octanol–water partition coefficient (Wildman–Crippen LogP) is 5.63. The van der Waals surface area contributed by atoms with Crippen LogP contribution in [0.4, 0.5) is 0 Å². The molecule has 1 aromatic heterocycles. The molecule has 0 aliphatic heterocycles. The molecule has 9 nitrogen and oxygen atoms in total. The van der Waals surface area contributed by atoms with Crippen LogP contribution < -0.4 is 14.2 Å². The second-order valence-electron chi connectivity index (χ2n) is 8.31. The first-order valence-corrected chi connectivity index (χ1v) is 11.8. The van der Waals surface area contributed by atoms with Gasteiger partial charge >= 0.3 is 11.9 Å². The number of carboxylic acids is 2. The van der Waals surface area contributed by atoms with Gasteiger partial charge < -0.3 is 29.4 Å². The molecule has 1 heterocycles. The van der Waals surface area contributed by atoms with Crippen LogP contribution in [0.3, 0.4) is 0 Å². The predicted molar refractivity (Wildman–Crippen MR) is 148 cm³/mol. The molecule has 0 bridgehead atoms. The monoisotopic (exact) mass is 526 g/mol. The van der Waals surface area contributed by atoms with Crippen LogP contribution in [0.5, 0.6) is 17.2 Å². The highest BCUT2D eigenvalue weighted by atomic mass is 16.5. The summed E-state index contributed by atoms with van der Waals surface area (Å²) < 4.78 is 16.6. The number of nitrogens with one attached hydrogen (secondary N) is 1. The first-order chi connectivity index (χ1) is 18.8. The van der Waals surface area contributed by atoms with Gasteiger partial charge in [0, 0.05) is 29.3 Å². The minimum Gasteiger partial charge on any atom is -0.497 e. The van der Waals surface area contributed by atoms with E-state index in [1.165, 1.54) is 12.2 Å². The zero-order valence-corrected chi connectivity index (χ0v) is 21.5. The number of carboxylic acid groups (broad SMARTS) is 2. The van der Waals surface area contributed by atoms with Crippen molar-refractivity contribution in [3.8, 4) is 51.2 Å². The van der Waals surface area contributed by atoms with Crippen molar-refractivity contribution in [1.82, 2.24) is 9.97 Å². The summed E-state index contributed by atoms with van der Waals surface area (Å²) in [5, 5.41) is 17.8. The Balaban J connectivity index is 1.87. The van der Waals surface area contributed by atoms with E-state index in [2.05, 4.69) is 4.98 Å². The Kier molecular flexibility index (Phi) is 8.11. The molecule has 39 heavy (non-hydrogen) atoms. The average molecular weight is 527 g/mol. The lowest BCUT2D eigenvalue weighted by Gasteiger charge is -2.13. The van der Waals surface area contributed by atoms with Gasteiger partial charge in [-0.2, -0.15) is 0 Å². The molecule has 3 aromatic carbocycles. The van der Waals surface area contributed by atoms with E-state index in [4.69, 9.17) is 29.4 Å². The normalized spacial score (nSPS) is 11.2. The number of benzene rings is 3. The quantitative estimate of drug-likeness (QED) is 0.227. The summed E-state index contributed by atoms with van der Waals surface area (Å²) in [4.78, 5) is 30.1. The molecule has 4 rings (SSSR count). The van der Waals surface area contributed by atoms with E-state index in [1.807, 2.05) is 48.5 Å². The molecule has 0 fully saturated rings. The summed E-state index contributed by atoms with van der Waals surface area (Å²) in [5.74, 6) is -0.0134. The Hall–Kier alpha value is -5.31. The fraction of sp³-hybridized carbons (Fsp3) is 0.100. The summed E-state index contributed by atoms with van der Waals surface area (Å²) in [5.41, 5.74) is 5.07. The number of aliphatic carboxylic acids is 2. The summed E-state index contributed by atoms with van der Waals surface area (Å²) in [7, 11) is 4.65. The van der Waals surface area contributed by atoms with Crippen molar-refractivity contribution in [2.45, 2.75) is 0 Å². The van der Waals surface area contributed by atoms with Crippen LogP contribution in [-0.4, -0.2) is 53.4 Å². The van der Waals surface area contributed by atoms with Gasteiger partial charge in [0.1, 0.15) is 11.6 Å². The number of carbonyl (C=O) groups is 2. The largest absolute Gasteiger partial charge is 0.497 e. The van der Waals surface area contributed by atoms with E-state index in [-0.39, 0.29) is 0 Å². The van der Waals surface area contributed by atoms with E-state index in [0.717, 1.165) is 40.1 Å². The maximum Gasteiger partial charge on any atom is 0.328 e. The van der Waals surface area contributed by atoms with Gasteiger partial charge in [0.2, 0.25) is 0 Å². The van der Waals surface area contributed by atoms with E-state index >= 15 is 0 Å². The maximum atomic E-state index is 10.9. The zero-order valence-electron chi connectivity index (χ0n) is 21.5. The molecule has 0 aliphatic carbocycles. The Morgan fingerprint density at radius 1 is 0.769 bits per heavy atom. The van der Waals surface area contributed by atoms with Crippen LogP contribution in [0.25, 0.3) is 46.1 Å². The van der Waals surface area contributed by atoms with Gasteiger partial charge in [-0.05, 0) is 29.3 Å². The molecule has 0 radical (unpaired) electrons. The highest BCUT2D eigenvalue weighted by Gasteiger charge is 2.21. The zero-order chi connectivity index (χ0) is 27.9. The Morgan fingerprint density at radius 2 is 1.33 bits per heavy atom. The van der Waals surface area contributed by atoms with Gasteiger partial charge in [-0.1, -0.05) is 48.5 Å². The molecule has 0 unspecified atom stereocenters. The standard InChI is InChI=1S/C30H26N2O7/c1-37-22-16-23(29(39-3)24(17-22)38-2)30-31-27(20-10-4-18(5-11-20)8-14-25(33)34)28(32-30)21-12-6-19(7-13-21)9-15-26(35)36/h4-17H,1-3H3,(H,31,32)(H,33,34)(H,35,36). The summed E-state index contributed by atoms with van der Waals surface area (Å²) >= 11 is 0. The summed E-state index contributed by atoms with van der Waals surface area (Å²) in [6.07, 6.45) is 5.19. The second kappa shape index (κ2) is 11.8. The van der Waals surface area contributed by atoms with Gasteiger partial charge in [-0.3, -0.25) is 0 Å². The number of ether oxygens (including phenoxy) is 3. The van der Waals surface area contributed by atoms with Crippen LogP contribution in [-0.2, 0) is 9.59 Å². The Labute approximate surface area is 224 Å². The molecule has 0 atom stereocenters. The summed E-state index contributed by atoms with van der Waals surface area (Å²) in [6, 6.07) is 18.2. The van der Waals surface area contributed by atoms with Crippen molar-refractivity contribution in [2.75, 3.05) is 21.3 Å². The van der Waals surface area contributed by atoms with Crippen molar-refractivity contribution in [1.29, 1.82) is 0 Å². The fourth-order valence-electron chi connectivity index (χ4n) is 4.00. The number of H-pyrrole nitrogens is 1. The molecular formula is C30H26N2O7. The van der Waals surface area contributed by atoms with E-state index in [9.17, 15) is 9.59 Å². The van der Waals surface area contributed by atoms with E-state index in [0.29, 0.717) is 34.3 Å². The van der Waals surface area contributed by atoms with Gasteiger partial charge in [-0.25, -0.2) is 14.6 Å². The lowest BCUT2D eigenvalue weighted by atomic mass is 10.0. The third kappa shape index (κ3) is 6.16. The molecule has 0 aliphatic rings. The minimum absolute atomic E-state index is 0.480. The van der Waals surface area contributed by atoms with Crippen molar-refractivity contribution in [3.63, 3.8) is 0 Å². The smallest absolute Gasteiger partial charge is 0.328 e. The lowest BCUT2D eigenvalue weighted by molar-refractivity contribution is -0.132. The van der Waals surface area contributed by atoms with Crippen LogP contribution in [0.15, 0.2) is 72.8 Å². The molecule has 198 valence electrons. The molecule has 0 saturated heterocycles. The molecule has 0 amide bonds. The highest BCUT2D eigenvalue weighted by molar-refractivity contribution is 5.87. The van der Waals surface area contributed by atoms with Crippen molar-refractivity contribution >= 4 is 24.1 Å². The van der Waals surface area contributed by atoms with Gasteiger partial charge in [0.25, 0.3) is 0 Å². The van der Waals surface area contributed by atoms with Gasteiger partial charge in [-0.15, -0.1) is 0 Å². The molecule has 3 N–H and O–H groups in total. The van der Waals surface area contributed by atoms with Crippen LogP contribution >= 0.6 is 0 Å². The average Bonchev–Trinajstić information content (AvgIpc) is 3.40. The van der Waals surface area contributed by atoms with Crippen LogP contribution in [0, 0.1) is 0 Å². The fourth-order valence-corrected chi connectivity index (χ4v) is 4.00. The third-order valence-corrected chi connectivity index (χ3v) is 5.87.